The van der Waals surface area contributed by atoms with Crippen LogP contribution in [0.25, 0.3) is 11.3 Å². The first-order chi connectivity index (χ1) is 11.2. The van der Waals surface area contributed by atoms with Crippen molar-refractivity contribution in [3.05, 3.63) is 35.2 Å². The number of aliphatic hydroxyl groups excluding tert-OH is 1. The molecule has 0 saturated heterocycles. The first-order valence-corrected chi connectivity index (χ1v) is 8.19. The summed E-state index contributed by atoms with van der Waals surface area (Å²) in [6.45, 7) is 2.55. The molecular weight excluding hydrogens is 314 g/mol. The second kappa shape index (κ2) is 8.61. The Kier molecular flexibility index (Phi) is 6.52. The molecule has 23 heavy (non-hydrogen) atoms. The van der Waals surface area contributed by atoms with Crippen molar-refractivity contribution in [2.75, 3.05) is 32.2 Å². The Morgan fingerprint density at radius 3 is 2.91 bits per heavy atom. The molecule has 0 aliphatic heterocycles. The quantitative estimate of drug-likeness (QED) is 0.639. The van der Waals surface area contributed by atoms with Gasteiger partial charge in [0, 0.05) is 24.6 Å². The average Bonchev–Trinajstić information content (AvgIpc) is 3.01. The third-order valence-corrected chi connectivity index (χ3v) is 4.10. The summed E-state index contributed by atoms with van der Waals surface area (Å²) in [5.41, 5.74) is 3.05. The molecule has 0 aliphatic carbocycles. The molecule has 7 heteroatoms. The van der Waals surface area contributed by atoms with Crippen molar-refractivity contribution in [2.24, 2.45) is 0 Å². The number of thiazole rings is 1. The van der Waals surface area contributed by atoms with E-state index in [1.54, 1.807) is 7.11 Å². The Hall–Kier alpha value is -1.96. The molecule has 0 bridgehead atoms. The van der Waals surface area contributed by atoms with Crippen LogP contribution in [-0.4, -0.2) is 48.9 Å². The van der Waals surface area contributed by atoms with Crippen LogP contribution in [0.5, 0.6) is 0 Å². The number of benzene rings is 1. The van der Waals surface area contributed by atoms with Crippen molar-refractivity contribution < 1.29 is 14.6 Å². The maximum absolute atomic E-state index is 12.0. The van der Waals surface area contributed by atoms with Gasteiger partial charge in [-0.3, -0.25) is 4.79 Å². The predicted octanol–water partition coefficient (Wildman–Crippen LogP) is 1.65. The van der Waals surface area contributed by atoms with Crippen molar-refractivity contribution in [3.8, 4) is 11.3 Å². The van der Waals surface area contributed by atoms with E-state index in [-0.39, 0.29) is 12.5 Å². The van der Waals surface area contributed by atoms with E-state index in [4.69, 9.17) is 4.74 Å². The zero-order chi connectivity index (χ0) is 16.7. The molecule has 0 aliphatic rings. The van der Waals surface area contributed by atoms with Gasteiger partial charge in [0.2, 0.25) is 5.91 Å². The molecule has 0 unspecified atom stereocenters. The van der Waals surface area contributed by atoms with E-state index in [1.807, 2.05) is 36.6 Å². The summed E-state index contributed by atoms with van der Waals surface area (Å²) in [7, 11) is 1.57. The average molecular weight is 335 g/mol. The minimum absolute atomic E-state index is 0.280. The van der Waals surface area contributed by atoms with Crippen LogP contribution in [0.15, 0.2) is 29.6 Å². The molecule has 0 radical (unpaired) electrons. The number of ether oxygens (including phenoxy) is 1. The molecular formula is C16H21N3O3S. The summed E-state index contributed by atoms with van der Waals surface area (Å²) in [4.78, 5) is 16.5. The fraction of sp³-hybridized carbons (Fsp3) is 0.375. The second-order valence-electron chi connectivity index (χ2n) is 5.02. The SMILES string of the molecule is COCCNC(=O)[C@H](CO)Nc1nc(-c2ccccc2C)cs1. The van der Waals surface area contributed by atoms with Gasteiger partial charge in [0.1, 0.15) is 6.04 Å². The Bertz CT molecular complexity index is 645. The highest BCUT2D eigenvalue weighted by molar-refractivity contribution is 7.14. The molecule has 124 valence electrons. The number of nitrogens with one attached hydrogen (secondary N) is 2. The van der Waals surface area contributed by atoms with Crippen LogP contribution in [0.1, 0.15) is 5.56 Å². The highest BCUT2D eigenvalue weighted by Gasteiger charge is 2.18. The molecule has 1 amide bonds. The topological polar surface area (TPSA) is 83.5 Å². The van der Waals surface area contributed by atoms with Gasteiger partial charge in [-0.2, -0.15) is 0 Å². The molecule has 0 spiro atoms. The summed E-state index contributed by atoms with van der Waals surface area (Å²) >= 11 is 1.40. The van der Waals surface area contributed by atoms with Crippen LogP contribution >= 0.6 is 11.3 Å². The third kappa shape index (κ3) is 4.75. The Balaban J connectivity index is 2.02. The highest BCUT2D eigenvalue weighted by Crippen LogP contribution is 2.27. The van der Waals surface area contributed by atoms with Gasteiger partial charge in [-0.05, 0) is 12.5 Å². The Morgan fingerprint density at radius 2 is 2.22 bits per heavy atom. The molecule has 6 nitrogen and oxygen atoms in total. The second-order valence-corrected chi connectivity index (χ2v) is 5.87. The zero-order valence-corrected chi connectivity index (χ0v) is 14.0. The number of carbonyl (C=O) groups excluding carboxylic acids is 1. The fourth-order valence-corrected chi connectivity index (χ4v) is 2.83. The van der Waals surface area contributed by atoms with Crippen LogP contribution < -0.4 is 10.6 Å². The van der Waals surface area contributed by atoms with Gasteiger partial charge < -0.3 is 20.5 Å². The third-order valence-electron chi connectivity index (χ3n) is 3.33. The monoisotopic (exact) mass is 335 g/mol. The van der Waals surface area contributed by atoms with E-state index < -0.39 is 6.04 Å². The van der Waals surface area contributed by atoms with Gasteiger partial charge in [0.25, 0.3) is 0 Å². The van der Waals surface area contributed by atoms with E-state index in [1.165, 1.54) is 11.3 Å². The summed E-state index contributed by atoms with van der Waals surface area (Å²) < 4.78 is 4.88. The standard InChI is InChI=1S/C16H21N3O3S/c1-11-5-3-4-6-12(11)14-10-23-16(19-14)18-13(9-20)15(21)17-7-8-22-2/h3-6,10,13,20H,7-9H2,1-2H3,(H,17,21)(H,18,19)/t13-/m0/s1. The van der Waals surface area contributed by atoms with Gasteiger partial charge in [0.15, 0.2) is 5.13 Å². The van der Waals surface area contributed by atoms with E-state index in [9.17, 15) is 9.90 Å². The lowest BCUT2D eigenvalue weighted by molar-refractivity contribution is -0.122. The molecule has 1 heterocycles. The van der Waals surface area contributed by atoms with Crippen LogP contribution in [0, 0.1) is 6.92 Å². The van der Waals surface area contributed by atoms with Gasteiger partial charge in [-0.25, -0.2) is 4.98 Å². The fourth-order valence-electron chi connectivity index (χ4n) is 2.07. The molecule has 0 saturated carbocycles. The molecule has 2 aromatic rings. The number of carbonyl (C=O) groups is 1. The number of aliphatic hydroxyl groups is 1. The molecule has 1 atom stereocenters. The number of aryl methyl sites for hydroxylation is 1. The summed E-state index contributed by atoms with van der Waals surface area (Å²) in [6, 6.07) is 7.25. The van der Waals surface area contributed by atoms with Crippen LogP contribution in [0.4, 0.5) is 5.13 Å². The lowest BCUT2D eigenvalue weighted by atomic mass is 10.1. The highest BCUT2D eigenvalue weighted by atomic mass is 32.1. The van der Waals surface area contributed by atoms with E-state index in [2.05, 4.69) is 15.6 Å². The minimum Gasteiger partial charge on any atom is -0.394 e. The largest absolute Gasteiger partial charge is 0.394 e. The lowest BCUT2D eigenvalue weighted by Crippen LogP contribution is -2.43. The smallest absolute Gasteiger partial charge is 0.245 e. The maximum atomic E-state index is 12.0. The van der Waals surface area contributed by atoms with Crippen LogP contribution in [0.2, 0.25) is 0 Å². The van der Waals surface area contributed by atoms with Crippen molar-refractivity contribution in [1.29, 1.82) is 0 Å². The Morgan fingerprint density at radius 1 is 1.43 bits per heavy atom. The van der Waals surface area contributed by atoms with E-state index >= 15 is 0 Å². The van der Waals surface area contributed by atoms with Gasteiger partial charge in [0.05, 0.1) is 18.9 Å². The summed E-state index contributed by atoms with van der Waals surface area (Å²) in [6.07, 6.45) is 0. The van der Waals surface area contributed by atoms with Gasteiger partial charge in [-0.15, -0.1) is 11.3 Å². The number of nitrogens with zero attached hydrogens (tertiary/aromatic N) is 1. The number of rotatable bonds is 8. The molecule has 0 fully saturated rings. The first kappa shape index (κ1) is 17.4. The normalized spacial score (nSPS) is 12.0. The number of anilines is 1. The lowest BCUT2D eigenvalue weighted by Gasteiger charge is -2.15. The number of hydrogen-bond acceptors (Lipinski definition) is 6. The van der Waals surface area contributed by atoms with E-state index in [0.29, 0.717) is 18.3 Å². The number of aromatic nitrogens is 1. The van der Waals surface area contributed by atoms with Gasteiger partial charge >= 0.3 is 0 Å². The van der Waals surface area contributed by atoms with E-state index in [0.717, 1.165) is 16.8 Å². The maximum Gasteiger partial charge on any atom is 0.245 e. The minimum atomic E-state index is -0.734. The first-order valence-electron chi connectivity index (χ1n) is 7.31. The predicted molar refractivity (Wildman–Crippen MR) is 91.7 cm³/mol. The molecule has 3 N–H and O–H groups in total. The molecule has 1 aromatic carbocycles. The molecule has 2 rings (SSSR count). The van der Waals surface area contributed by atoms with Gasteiger partial charge in [-0.1, -0.05) is 24.3 Å². The number of methoxy groups -OCH3 is 1. The Labute approximate surface area is 139 Å². The van der Waals surface area contributed by atoms with Crippen molar-refractivity contribution in [1.82, 2.24) is 10.3 Å². The van der Waals surface area contributed by atoms with Crippen LogP contribution in [0.3, 0.4) is 0 Å². The number of amides is 1. The van der Waals surface area contributed by atoms with Crippen molar-refractivity contribution in [3.63, 3.8) is 0 Å². The number of hydrogen-bond donors (Lipinski definition) is 3. The van der Waals surface area contributed by atoms with Crippen LogP contribution in [-0.2, 0) is 9.53 Å². The van der Waals surface area contributed by atoms with Crippen molar-refractivity contribution >= 4 is 22.4 Å². The zero-order valence-electron chi connectivity index (χ0n) is 13.2. The summed E-state index contributed by atoms with van der Waals surface area (Å²) in [5, 5.41) is 17.6. The summed E-state index contributed by atoms with van der Waals surface area (Å²) in [5.74, 6) is -0.280. The van der Waals surface area contributed by atoms with Crippen molar-refractivity contribution in [2.45, 2.75) is 13.0 Å². The molecule has 1 aromatic heterocycles.